The lowest BCUT2D eigenvalue weighted by Gasteiger charge is -2.32. The highest BCUT2D eigenvalue weighted by Crippen LogP contribution is 2.36. The molecule has 0 saturated heterocycles. The van der Waals surface area contributed by atoms with Gasteiger partial charge in [-0.1, -0.05) is 19.9 Å². The number of ketones is 1. The summed E-state index contributed by atoms with van der Waals surface area (Å²) in [5.74, 6) is 2.37. The Morgan fingerprint density at radius 2 is 2.00 bits per heavy atom. The molecule has 3 atom stereocenters. The van der Waals surface area contributed by atoms with Gasteiger partial charge in [-0.25, -0.2) is 0 Å². The highest BCUT2D eigenvalue weighted by Gasteiger charge is 2.30. The molecule has 90 valence electrons. The first kappa shape index (κ1) is 11.9. The molecule has 1 heteroatoms. The van der Waals surface area contributed by atoms with Crippen LogP contribution >= 0.6 is 0 Å². The van der Waals surface area contributed by atoms with Crippen molar-refractivity contribution in [3.05, 3.63) is 11.6 Å². The Labute approximate surface area is 99.3 Å². The van der Waals surface area contributed by atoms with Crippen molar-refractivity contribution >= 4 is 5.78 Å². The zero-order valence-electron chi connectivity index (χ0n) is 10.7. The molecule has 0 aliphatic heterocycles. The van der Waals surface area contributed by atoms with Crippen LogP contribution in [-0.2, 0) is 4.79 Å². The normalized spacial score (nSPS) is 35.6. The van der Waals surface area contributed by atoms with Gasteiger partial charge in [0, 0.05) is 5.92 Å². The molecule has 0 aromatic rings. The Bertz CT molecular complexity index is 290. The number of allylic oxidation sites excluding steroid dienone is 2. The van der Waals surface area contributed by atoms with Crippen LogP contribution in [0.1, 0.15) is 58.8 Å². The Morgan fingerprint density at radius 1 is 1.19 bits per heavy atom. The van der Waals surface area contributed by atoms with Gasteiger partial charge in [0.2, 0.25) is 0 Å². The van der Waals surface area contributed by atoms with E-state index < -0.39 is 0 Å². The summed E-state index contributed by atoms with van der Waals surface area (Å²) in [5.41, 5.74) is 1.15. The summed E-state index contributed by atoms with van der Waals surface area (Å²) in [7, 11) is 0. The molecule has 0 N–H and O–H groups in total. The molecule has 1 saturated carbocycles. The van der Waals surface area contributed by atoms with E-state index in [1.54, 1.807) is 0 Å². The van der Waals surface area contributed by atoms with Crippen molar-refractivity contribution in [1.29, 1.82) is 0 Å². The minimum atomic E-state index is 0.343. The van der Waals surface area contributed by atoms with E-state index in [0.29, 0.717) is 11.7 Å². The van der Waals surface area contributed by atoms with Crippen molar-refractivity contribution in [2.24, 2.45) is 17.8 Å². The lowest BCUT2D eigenvalue weighted by atomic mass is 9.72. The summed E-state index contributed by atoms with van der Waals surface area (Å²) in [5, 5.41) is 0. The second-order valence-electron chi connectivity index (χ2n) is 5.80. The topological polar surface area (TPSA) is 17.1 Å². The van der Waals surface area contributed by atoms with E-state index in [1.807, 2.05) is 0 Å². The zero-order chi connectivity index (χ0) is 11.5. The van der Waals surface area contributed by atoms with Gasteiger partial charge < -0.3 is 0 Å². The smallest absolute Gasteiger partial charge is 0.161 e. The molecular weight excluding hydrogens is 196 g/mol. The fourth-order valence-electron chi connectivity index (χ4n) is 3.11. The van der Waals surface area contributed by atoms with Crippen molar-refractivity contribution in [2.75, 3.05) is 0 Å². The molecule has 0 heterocycles. The quantitative estimate of drug-likeness (QED) is 0.684. The second-order valence-corrected chi connectivity index (χ2v) is 5.80. The summed E-state index contributed by atoms with van der Waals surface area (Å²) in [6, 6.07) is 0. The maximum Gasteiger partial charge on any atom is 0.161 e. The van der Waals surface area contributed by atoms with Crippen LogP contribution in [0.15, 0.2) is 11.6 Å². The van der Waals surface area contributed by atoms with Gasteiger partial charge in [0.15, 0.2) is 5.78 Å². The van der Waals surface area contributed by atoms with Gasteiger partial charge in [0.05, 0.1) is 0 Å². The molecule has 1 nitrogen and oxygen atoms in total. The van der Waals surface area contributed by atoms with Gasteiger partial charge in [-0.3, -0.25) is 4.79 Å². The predicted molar refractivity (Wildman–Crippen MR) is 67.2 cm³/mol. The van der Waals surface area contributed by atoms with Crippen LogP contribution < -0.4 is 0 Å². The summed E-state index contributed by atoms with van der Waals surface area (Å²) in [6.07, 6.45) is 10.3. The van der Waals surface area contributed by atoms with Crippen molar-refractivity contribution < 1.29 is 4.79 Å². The highest BCUT2D eigenvalue weighted by molar-refractivity contribution is 5.97. The molecule has 2 rings (SSSR count). The Morgan fingerprint density at radius 3 is 2.62 bits per heavy atom. The maximum absolute atomic E-state index is 12.3. The molecule has 16 heavy (non-hydrogen) atoms. The molecule has 0 amide bonds. The van der Waals surface area contributed by atoms with Crippen LogP contribution in [0.2, 0.25) is 0 Å². The first-order valence-electron chi connectivity index (χ1n) is 6.91. The molecule has 0 spiro atoms. The molecular formula is C15H24O. The fourth-order valence-corrected chi connectivity index (χ4v) is 3.11. The van der Waals surface area contributed by atoms with Crippen molar-refractivity contribution in [1.82, 2.24) is 0 Å². The Balaban J connectivity index is 1.97. The largest absolute Gasteiger partial charge is 0.294 e. The summed E-state index contributed by atoms with van der Waals surface area (Å²) in [4.78, 5) is 12.3. The number of carbonyl (C=O) groups is 1. The van der Waals surface area contributed by atoms with Crippen LogP contribution in [0.25, 0.3) is 0 Å². The minimum Gasteiger partial charge on any atom is -0.294 e. The molecule has 0 bridgehead atoms. The lowest BCUT2D eigenvalue weighted by molar-refractivity contribution is -0.121. The summed E-state index contributed by atoms with van der Waals surface area (Å²) in [6.45, 7) is 4.63. The number of hydrogen-bond acceptors (Lipinski definition) is 1. The van der Waals surface area contributed by atoms with Crippen LogP contribution in [0, 0.1) is 17.8 Å². The minimum absolute atomic E-state index is 0.343. The maximum atomic E-state index is 12.3. The lowest BCUT2D eigenvalue weighted by Crippen LogP contribution is -2.27. The Hall–Kier alpha value is -0.590. The standard InChI is InChI=1S/C15H24O/c1-11-8-9-14(10-12(11)2)15(16)13-6-4-3-5-7-13/h6,11-12,14H,3-5,7-10H2,1-2H3. The van der Waals surface area contributed by atoms with Gasteiger partial charge in [0.25, 0.3) is 0 Å². The molecule has 1 fully saturated rings. The van der Waals surface area contributed by atoms with Gasteiger partial charge in [0.1, 0.15) is 0 Å². The van der Waals surface area contributed by atoms with Crippen molar-refractivity contribution in [3.8, 4) is 0 Å². The number of hydrogen-bond donors (Lipinski definition) is 0. The van der Waals surface area contributed by atoms with Gasteiger partial charge >= 0.3 is 0 Å². The number of carbonyl (C=O) groups excluding carboxylic acids is 1. The Kier molecular flexibility index (Phi) is 3.83. The van der Waals surface area contributed by atoms with Crippen molar-refractivity contribution in [3.63, 3.8) is 0 Å². The third-order valence-corrected chi connectivity index (χ3v) is 4.58. The van der Waals surface area contributed by atoms with E-state index in [9.17, 15) is 4.79 Å². The molecule has 0 radical (unpaired) electrons. The first-order valence-corrected chi connectivity index (χ1v) is 6.91. The van der Waals surface area contributed by atoms with E-state index in [2.05, 4.69) is 19.9 Å². The second kappa shape index (κ2) is 5.16. The van der Waals surface area contributed by atoms with Crippen molar-refractivity contribution in [2.45, 2.75) is 58.8 Å². The van der Waals surface area contributed by atoms with Gasteiger partial charge in [-0.2, -0.15) is 0 Å². The molecule has 2 aliphatic rings. The number of Topliss-reactive ketones (excluding diaryl/α,β-unsaturated/α-hetero) is 1. The average Bonchev–Trinajstić information content (AvgIpc) is 2.33. The number of rotatable bonds is 2. The molecule has 3 unspecified atom stereocenters. The van der Waals surface area contributed by atoms with Crippen LogP contribution in [0.4, 0.5) is 0 Å². The summed E-state index contributed by atoms with van der Waals surface area (Å²) >= 11 is 0. The van der Waals surface area contributed by atoms with Gasteiger partial charge in [-0.15, -0.1) is 0 Å². The average molecular weight is 220 g/mol. The first-order chi connectivity index (χ1) is 7.68. The molecule has 2 aliphatic carbocycles. The van der Waals surface area contributed by atoms with E-state index in [4.69, 9.17) is 0 Å². The predicted octanol–water partition coefficient (Wildman–Crippen LogP) is 4.13. The zero-order valence-corrected chi connectivity index (χ0v) is 10.7. The monoisotopic (exact) mass is 220 g/mol. The highest BCUT2D eigenvalue weighted by atomic mass is 16.1. The van der Waals surface area contributed by atoms with E-state index in [-0.39, 0.29) is 0 Å². The van der Waals surface area contributed by atoms with Crippen LogP contribution in [0.3, 0.4) is 0 Å². The van der Waals surface area contributed by atoms with E-state index in [1.165, 1.54) is 19.3 Å². The third kappa shape index (κ3) is 2.56. The van der Waals surface area contributed by atoms with E-state index in [0.717, 1.165) is 43.1 Å². The van der Waals surface area contributed by atoms with Crippen LogP contribution in [-0.4, -0.2) is 5.78 Å². The third-order valence-electron chi connectivity index (χ3n) is 4.58. The van der Waals surface area contributed by atoms with Crippen LogP contribution in [0.5, 0.6) is 0 Å². The fraction of sp³-hybridized carbons (Fsp3) is 0.800. The SMILES string of the molecule is CC1CCC(C(=O)C2=CCCCC2)CC1C. The van der Waals surface area contributed by atoms with Gasteiger partial charge in [-0.05, 0) is 62.4 Å². The molecule has 0 aromatic carbocycles. The summed E-state index contributed by atoms with van der Waals surface area (Å²) < 4.78 is 0. The molecule has 0 aromatic heterocycles. The van der Waals surface area contributed by atoms with E-state index >= 15 is 0 Å².